The number of carbonyl (C=O) groups excluding carboxylic acids is 1. The van der Waals surface area contributed by atoms with Gasteiger partial charge in [0.15, 0.2) is 5.69 Å². The van der Waals surface area contributed by atoms with Gasteiger partial charge in [-0.25, -0.2) is 0 Å². The van der Waals surface area contributed by atoms with Crippen LogP contribution in [0.1, 0.15) is 43.1 Å². The maximum absolute atomic E-state index is 11.6. The van der Waals surface area contributed by atoms with E-state index in [2.05, 4.69) is 26.1 Å². The Hall–Kier alpha value is -1.69. The van der Waals surface area contributed by atoms with E-state index in [1.807, 2.05) is 13.0 Å². The number of aromatic nitrogens is 2. The normalized spacial score (nSPS) is 28.1. The molecule has 20 heavy (non-hydrogen) atoms. The van der Waals surface area contributed by atoms with Crippen LogP contribution in [0.15, 0.2) is 12.1 Å². The fourth-order valence-corrected chi connectivity index (χ4v) is 3.17. The molecule has 2 saturated heterocycles. The Morgan fingerprint density at radius 3 is 2.65 bits per heavy atom. The van der Waals surface area contributed by atoms with Gasteiger partial charge in [-0.15, -0.1) is 10.2 Å². The lowest BCUT2D eigenvalue weighted by Gasteiger charge is -2.29. The molecule has 0 spiro atoms. The highest BCUT2D eigenvalue weighted by Gasteiger charge is 2.33. The highest BCUT2D eigenvalue weighted by atomic mass is 16.1. The second-order valence-corrected chi connectivity index (χ2v) is 5.61. The zero-order valence-electron chi connectivity index (χ0n) is 11.7. The van der Waals surface area contributed by atoms with Crippen molar-refractivity contribution in [2.45, 2.75) is 50.7 Å². The van der Waals surface area contributed by atoms with E-state index < -0.39 is 0 Å². The number of amides is 1. The van der Waals surface area contributed by atoms with Gasteiger partial charge >= 0.3 is 0 Å². The van der Waals surface area contributed by atoms with Crippen molar-refractivity contribution in [3.63, 3.8) is 0 Å². The predicted octanol–water partition coefficient (Wildman–Crippen LogP) is 0.921. The molecule has 2 atom stereocenters. The summed E-state index contributed by atoms with van der Waals surface area (Å²) < 4.78 is 0. The van der Waals surface area contributed by atoms with E-state index in [0.29, 0.717) is 30.4 Å². The van der Waals surface area contributed by atoms with E-state index in [4.69, 9.17) is 0 Å². The Bertz CT molecular complexity index is 463. The van der Waals surface area contributed by atoms with Crippen LogP contribution in [0.2, 0.25) is 0 Å². The van der Waals surface area contributed by atoms with E-state index in [0.717, 1.165) is 18.7 Å². The molecule has 2 aliphatic heterocycles. The van der Waals surface area contributed by atoms with Crippen LogP contribution in [-0.4, -0.2) is 40.8 Å². The third kappa shape index (κ3) is 2.90. The van der Waals surface area contributed by atoms with E-state index in [9.17, 15) is 4.79 Å². The molecule has 0 aliphatic carbocycles. The summed E-state index contributed by atoms with van der Waals surface area (Å²) in [6.07, 6.45) is 4.84. The molecule has 2 fully saturated rings. The molecular formula is C14H21N5O. The third-order valence-electron chi connectivity index (χ3n) is 4.06. The van der Waals surface area contributed by atoms with Gasteiger partial charge in [0.05, 0.1) is 0 Å². The van der Waals surface area contributed by atoms with E-state index in [1.165, 1.54) is 12.8 Å². The monoisotopic (exact) mass is 275 g/mol. The van der Waals surface area contributed by atoms with Gasteiger partial charge in [-0.2, -0.15) is 0 Å². The number of hydrogen-bond donors (Lipinski definition) is 3. The smallest absolute Gasteiger partial charge is 0.271 e. The van der Waals surface area contributed by atoms with Crippen molar-refractivity contribution in [2.75, 3.05) is 11.9 Å². The molecule has 6 nitrogen and oxygen atoms in total. The molecule has 0 radical (unpaired) electrons. The van der Waals surface area contributed by atoms with Gasteiger partial charge in [0, 0.05) is 24.7 Å². The van der Waals surface area contributed by atoms with E-state index in [-0.39, 0.29) is 5.91 Å². The summed E-state index contributed by atoms with van der Waals surface area (Å²) in [7, 11) is 0. The van der Waals surface area contributed by atoms with Crippen molar-refractivity contribution in [1.82, 2.24) is 20.8 Å². The first-order valence-corrected chi connectivity index (χ1v) is 7.39. The van der Waals surface area contributed by atoms with Gasteiger partial charge < -0.3 is 16.0 Å². The quantitative estimate of drug-likeness (QED) is 0.761. The summed E-state index contributed by atoms with van der Waals surface area (Å²) in [5.41, 5.74) is 0.364. The maximum Gasteiger partial charge on any atom is 0.271 e. The lowest BCUT2D eigenvalue weighted by molar-refractivity contribution is 0.0950. The Kier molecular flexibility index (Phi) is 3.82. The second kappa shape index (κ2) is 5.75. The number of carbonyl (C=O) groups is 1. The lowest BCUT2D eigenvalue weighted by Crippen LogP contribution is -2.43. The highest BCUT2D eigenvalue weighted by molar-refractivity contribution is 5.92. The molecule has 2 bridgehead atoms. The summed E-state index contributed by atoms with van der Waals surface area (Å²) in [4.78, 5) is 11.6. The molecule has 3 rings (SSSR count). The molecule has 0 aromatic carbocycles. The SMILES string of the molecule is CCNC(=O)c1ccc(NC2CC3CCC(C2)N3)nn1. The largest absolute Gasteiger partial charge is 0.366 e. The van der Waals surface area contributed by atoms with Crippen LogP contribution in [0.5, 0.6) is 0 Å². The zero-order chi connectivity index (χ0) is 13.9. The topological polar surface area (TPSA) is 78.9 Å². The van der Waals surface area contributed by atoms with Crippen LogP contribution in [-0.2, 0) is 0 Å². The summed E-state index contributed by atoms with van der Waals surface area (Å²) in [6, 6.07) is 5.30. The molecule has 3 N–H and O–H groups in total. The minimum absolute atomic E-state index is 0.175. The van der Waals surface area contributed by atoms with E-state index in [1.54, 1.807) is 6.07 Å². The van der Waals surface area contributed by atoms with Crippen molar-refractivity contribution in [2.24, 2.45) is 0 Å². The molecule has 0 saturated carbocycles. The van der Waals surface area contributed by atoms with Crippen LogP contribution in [0.25, 0.3) is 0 Å². The molecule has 108 valence electrons. The van der Waals surface area contributed by atoms with Gasteiger partial charge in [0.1, 0.15) is 5.82 Å². The van der Waals surface area contributed by atoms with Crippen molar-refractivity contribution in [1.29, 1.82) is 0 Å². The molecule has 3 heterocycles. The van der Waals surface area contributed by atoms with Crippen molar-refractivity contribution >= 4 is 11.7 Å². The number of nitrogens with zero attached hydrogens (tertiary/aromatic N) is 2. The Morgan fingerprint density at radius 1 is 1.30 bits per heavy atom. The summed E-state index contributed by atoms with van der Waals surface area (Å²) in [5.74, 6) is 0.579. The standard InChI is InChI=1S/C14H21N5O/c1-2-15-14(20)12-5-6-13(19-18-12)17-11-7-9-3-4-10(8-11)16-9/h5-6,9-11,16H,2-4,7-8H2,1H3,(H,15,20)(H,17,19). The van der Waals surface area contributed by atoms with Crippen molar-refractivity contribution < 1.29 is 4.79 Å². The molecule has 2 unspecified atom stereocenters. The third-order valence-corrected chi connectivity index (χ3v) is 4.06. The Labute approximate surface area is 118 Å². The van der Waals surface area contributed by atoms with Crippen LogP contribution < -0.4 is 16.0 Å². The van der Waals surface area contributed by atoms with Gasteiger partial charge in [0.25, 0.3) is 5.91 Å². The summed E-state index contributed by atoms with van der Waals surface area (Å²) >= 11 is 0. The average Bonchev–Trinajstić information content (AvgIpc) is 2.79. The van der Waals surface area contributed by atoms with Gasteiger partial charge in [-0.1, -0.05) is 0 Å². The van der Waals surface area contributed by atoms with Crippen molar-refractivity contribution in [3.8, 4) is 0 Å². The number of fused-ring (bicyclic) bond motifs is 2. The van der Waals surface area contributed by atoms with Gasteiger partial charge in [-0.3, -0.25) is 4.79 Å². The molecule has 1 aromatic heterocycles. The number of rotatable bonds is 4. The number of piperidine rings is 1. The first-order valence-electron chi connectivity index (χ1n) is 7.39. The van der Waals surface area contributed by atoms with Crippen LogP contribution in [0.4, 0.5) is 5.82 Å². The van der Waals surface area contributed by atoms with Gasteiger partial charge in [0.2, 0.25) is 0 Å². The van der Waals surface area contributed by atoms with Gasteiger partial charge in [-0.05, 0) is 44.7 Å². The number of nitrogens with one attached hydrogen (secondary N) is 3. The first kappa shape index (κ1) is 13.3. The Morgan fingerprint density at radius 2 is 2.05 bits per heavy atom. The second-order valence-electron chi connectivity index (χ2n) is 5.61. The summed E-state index contributed by atoms with van der Waals surface area (Å²) in [6.45, 7) is 2.48. The fourth-order valence-electron chi connectivity index (χ4n) is 3.17. The molecule has 2 aliphatic rings. The fraction of sp³-hybridized carbons (Fsp3) is 0.643. The van der Waals surface area contributed by atoms with Crippen LogP contribution in [0.3, 0.4) is 0 Å². The predicted molar refractivity (Wildman–Crippen MR) is 76.6 cm³/mol. The minimum Gasteiger partial charge on any atom is -0.366 e. The van der Waals surface area contributed by atoms with Crippen molar-refractivity contribution in [3.05, 3.63) is 17.8 Å². The maximum atomic E-state index is 11.6. The lowest BCUT2D eigenvalue weighted by atomic mass is 10.00. The molecule has 6 heteroatoms. The molecular weight excluding hydrogens is 254 g/mol. The average molecular weight is 275 g/mol. The molecule has 1 aromatic rings. The number of anilines is 1. The molecule has 1 amide bonds. The minimum atomic E-state index is -0.175. The Balaban J connectivity index is 1.59. The van der Waals surface area contributed by atoms with Crippen LogP contribution >= 0.6 is 0 Å². The first-order chi connectivity index (χ1) is 9.74. The van der Waals surface area contributed by atoms with Crippen LogP contribution in [0, 0.1) is 0 Å². The zero-order valence-corrected chi connectivity index (χ0v) is 11.7. The summed E-state index contributed by atoms with van der Waals surface area (Å²) in [5, 5.41) is 17.8. The number of hydrogen-bond acceptors (Lipinski definition) is 5. The van der Waals surface area contributed by atoms with E-state index >= 15 is 0 Å². The highest BCUT2D eigenvalue weighted by Crippen LogP contribution is 2.28.